The Morgan fingerprint density at radius 3 is 1.29 bits per heavy atom. The lowest BCUT2D eigenvalue weighted by atomic mass is 9.92. The minimum absolute atomic E-state index is 0.0127. The summed E-state index contributed by atoms with van der Waals surface area (Å²) in [5, 5.41) is 13.1. The number of carbonyl (C=O) groups excluding carboxylic acids is 8. The average molecular weight is 2130 g/mol. The molecule has 31 nitrogen and oxygen atoms in total. The number of nitrogens with one attached hydrogen (secondary N) is 6. The molecule has 0 aliphatic carbocycles. The highest BCUT2D eigenvalue weighted by atomic mass is 35.5. The maximum Gasteiger partial charge on any atom is 0.416 e. The zero-order valence-electron chi connectivity index (χ0n) is 84.3. The molecule has 8 N–H and O–H groups in total. The van der Waals surface area contributed by atoms with Crippen molar-refractivity contribution in [2.24, 2.45) is 0 Å². The number of nitrogens with zero attached hydrogens (tertiary/aromatic N) is 8. The molecule has 9 aromatic carbocycles. The number of carbonyl (C=O) groups is 8. The van der Waals surface area contributed by atoms with E-state index in [0.717, 1.165) is 135 Å². The molecule has 5 atom stereocenters. The van der Waals surface area contributed by atoms with Crippen LogP contribution in [0.3, 0.4) is 0 Å². The normalized spacial score (nSPS) is 16.1. The summed E-state index contributed by atoms with van der Waals surface area (Å²) < 4.78 is 56.7. The highest BCUT2D eigenvalue weighted by molar-refractivity contribution is 6.33. The molecule has 7 amide bonds. The molecular formula is C112H119Cl5FN15O16. The first-order chi connectivity index (χ1) is 71.5. The number of amides is 7. The van der Waals surface area contributed by atoms with Gasteiger partial charge in [-0.15, -0.1) is 0 Å². The lowest BCUT2D eigenvalue weighted by molar-refractivity contribution is -0.136. The SMILES string of the molecule is CC(C)(C)OC(=O)N[C@@H](Cc1ccccc1)C(=O)Oc1ccc(C2c3[nH]c4ccc(Cl)cc4c3CCN2C(=O)OC(C)(C)C)cc1.CCOC(=O)N1CCC(NC(=O)c2ccc(C3c4[nH]c5ccc(Cl)cc5c4CCN3C(=O)OCC)cc2)CC1.CN(C)CCCOc1ccc(C2c3[nH]c4ccc(Cl)cc4c3CCN2C(=O)OCCF)cc1.Nc1ncc(C2c3[nH]c4ccc(Cl)cc4c3CCN2C(=O)Oc2ccc(Cl)cc2)cn1. The minimum atomic E-state index is -0.987. The van der Waals surface area contributed by atoms with Crippen LogP contribution in [0.5, 0.6) is 17.2 Å². The van der Waals surface area contributed by atoms with Gasteiger partial charge in [0.2, 0.25) is 5.95 Å². The summed E-state index contributed by atoms with van der Waals surface area (Å²) in [6, 6.07) is 58.3. The Kier molecular flexibility index (Phi) is 34.6. The lowest BCUT2D eigenvalue weighted by Crippen LogP contribution is -2.46. The standard InChI is InChI=1S/C36H40ClN3O6.C29H33ClN4O5.C25H29ClFN3O3.C22H17Cl2N5O2/c1-35(2,3)45-33(42)39-29(20-22-10-8-7-9-11-22)32(41)44-25-15-12-23(13-16-25)31-30-26(27-21-24(37)14-17-28(27)38-30)18-19-40(31)34(43)46-36(4,5)6;1-3-38-28(36)33-14-11-21(12-15-33)31-27(35)19-7-5-18(6-8-19)26-25-22(13-16-34(26)29(37)39-4-2)23-17-20(30)9-10-24(23)32-25;1-29(2)12-3-14-32-19-7-4-17(5-8-19)24-23-20(10-13-30(24)25(31)33-15-11-27)21-16-18(26)6-9-22(21)28-23;23-13-1-4-15(5-2-13)31-22(30)29-8-7-16-17-9-14(24)3-6-18(17)28-19(16)20(29)12-10-26-21(25)27-11-12/h7-17,21,29,31,38H,18-20H2,1-6H3,(H,39,42);5-10,17,21,26,32H,3-4,11-16H2,1-2H3,(H,31,35);4-9,16,24,28H,3,10-15H2,1-2H3;1-6,9-11,20,28H,7-8H2,(H2,25,26,27)/t29-,31?;;;/m0.../s1. The molecule has 10 heterocycles. The van der Waals surface area contributed by atoms with Gasteiger partial charge in [0.15, 0.2) is 0 Å². The molecule has 5 aliphatic heterocycles. The van der Waals surface area contributed by atoms with Crippen molar-refractivity contribution in [2.45, 2.75) is 154 Å². The molecule has 0 bridgehead atoms. The van der Waals surface area contributed by atoms with E-state index in [2.05, 4.69) is 45.4 Å². The number of hydrogen-bond acceptors (Lipinski definition) is 20. The minimum Gasteiger partial charge on any atom is -0.494 e. The van der Waals surface area contributed by atoms with Crippen molar-refractivity contribution in [3.63, 3.8) is 0 Å². The van der Waals surface area contributed by atoms with E-state index in [9.17, 15) is 42.7 Å². The van der Waals surface area contributed by atoms with Crippen molar-refractivity contribution in [1.29, 1.82) is 0 Å². The first-order valence-corrected chi connectivity index (χ1v) is 51.4. The van der Waals surface area contributed by atoms with Gasteiger partial charge in [-0.2, -0.15) is 0 Å². The van der Waals surface area contributed by atoms with E-state index < -0.39 is 66.3 Å². The molecule has 4 unspecified atom stereocenters. The Hall–Kier alpha value is -14.3. The van der Waals surface area contributed by atoms with Gasteiger partial charge >= 0.3 is 42.5 Å². The van der Waals surface area contributed by atoms with Gasteiger partial charge in [-0.1, -0.05) is 125 Å². The van der Waals surface area contributed by atoms with Crippen LogP contribution in [0.25, 0.3) is 43.6 Å². The number of piperidine rings is 1. The summed E-state index contributed by atoms with van der Waals surface area (Å²) in [5.74, 6) is 0.854. The van der Waals surface area contributed by atoms with Crippen LogP contribution in [0, 0.1) is 0 Å². The Morgan fingerprint density at radius 1 is 0.456 bits per heavy atom. The lowest BCUT2D eigenvalue weighted by Gasteiger charge is -2.37. The van der Waals surface area contributed by atoms with E-state index in [4.69, 9.17) is 102 Å². The van der Waals surface area contributed by atoms with Gasteiger partial charge in [-0.05, 0) is 292 Å². The Morgan fingerprint density at radius 2 is 0.852 bits per heavy atom. The van der Waals surface area contributed by atoms with Crippen molar-refractivity contribution >= 4 is 156 Å². The van der Waals surface area contributed by atoms with Crippen molar-refractivity contribution in [3.05, 3.63) is 316 Å². The molecule has 1 saturated heterocycles. The fraction of sp³-hybridized carbons (Fsp3) is 0.339. The van der Waals surface area contributed by atoms with Crippen molar-refractivity contribution in [3.8, 4) is 17.2 Å². The third-order valence-corrected chi connectivity index (χ3v) is 27.2. The molecule has 149 heavy (non-hydrogen) atoms. The van der Waals surface area contributed by atoms with Gasteiger partial charge in [-0.3, -0.25) is 24.4 Å². The van der Waals surface area contributed by atoms with Crippen LogP contribution in [-0.2, 0) is 60.6 Å². The molecule has 780 valence electrons. The molecule has 0 radical (unpaired) electrons. The van der Waals surface area contributed by atoms with Gasteiger partial charge in [0.05, 0.1) is 19.8 Å². The first kappa shape index (κ1) is 107. The molecule has 37 heteroatoms. The van der Waals surface area contributed by atoms with Crippen LogP contribution >= 0.6 is 58.0 Å². The second-order valence-corrected chi connectivity index (χ2v) is 41.1. The number of nitrogen functional groups attached to an aromatic ring is 1. The fourth-order valence-electron chi connectivity index (χ4n) is 19.3. The largest absolute Gasteiger partial charge is 0.494 e. The number of hydrogen-bond donors (Lipinski definition) is 7. The summed E-state index contributed by atoms with van der Waals surface area (Å²) in [6.07, 6.45) is 5.56. The first-order valence-electron chi connectivity index (χ1n) is 49.5. The number of H-pyrrole nitrogens is 4. The van der Waals surface area contributed by atoms with Crippen LogP contribution in [0.4, 0.5) is 39.1 Å². The van der Waals surface area contributed by atoms with Gasteiger partial charge in [0.1, 0.15) is 71.9 Å². The van der Waals surface area contributed by atoms with Crippen LogP contribution in [0.2, 0.25) is 25.1 Å². The monoisotopic (exact) mass is 2120 g/mol. The third kappa shape index (κ3) is 26.4. The predicted molar refractivity (Wildman–Crippen MR) is 573 cm³/mol. The van der Waals surface area contributed by atoms with Crippen molar-refractivity contribution in [1.82, 2.24) is 69.9 Å². The number of halogens is 6. The maximum atomic E-state index is 13.4. The molecule has 19 rings (SSSR count). The number of likely N-dealkylation sites (tertiary alicyclic amines) is 1. The summed E-state index contributed by atoms with van der Waals surface area (Å²) >= 11 is 31.0. The molecule has 0 saturated carbocycles. The van der Waals surface area contributed by atoms with Gasteiger partial charge in [0, 0.05) is 173 Å². The number of ether oxygens (including phenoxy) is 8. The number of benzene rings is 9. The second kappa shape index (κ2) is 47.9. The van der Waals surface area contributed by atoms with E-state index >= 15 is 0 Å². The smallest absolute Gasteiger partial charge is 0.416 e. The number of aromatic nitrogens is 6. The Bertz CT molecular complexity index is 7140. The van der Waals surface area contributed by atoms with Gasteiger partial charge in [-0.25, -0.2) is 47.9 Å². The molecule has 0 spiro atoms. The molecular weight excluding hydrogens is 2010 g/mol. The topological polar surface area (TPSA) is 369 Å². The highest BCUT2D eigenvalue weighted by Gasteiger charge is 2.43. The van der Waals surface area contributed by atoms with E-state index in [-0.39, 0.29) is 61.8 Å². The fourth-order valence-corrected chi connectivity index (χ4v) is 20.1. The van der Waals surface area contributed by atoms with Crippen LogP contribution in [0.15, 0.2) is 213 Å². The summed E-state index contributed by atoms with van der Waals surface area (Å²) in [5.41, 5.74) is 20.9. The maximum absolute atomic E-state index is 13.4. The number of anilines is 1. The van der Waals surface area contributed by atoms with Crippen LogP contribution in [-0.4, -0.2) is 224 Å². The summed E-state index contributed by atoms with van der Waals surface area (Å²) in [6.45, 7) is 18.6. The number of alkyl halides is 1. The number of fused-ring (bicyclic) bond motifs is 12. The molecule has 14 aromatic rings. The van der Waals surface area contributed by atoms with Crippen molar-refractivity contribution < 1.29 is 80.6 Å². The van der Waals surface area contributed by atoms with E-state index in [1.165, 1.54) is 0 Å². The quantitative estimate of drug-likeness (QED) is 0.0152. The number of nitrogens with two attached hydrogens (primary N) is 1. The van der Waals surface area contributed by atoms with Gasteiger partial charge in [0.25, 0.3) is 5.91 Å². The van der Waals surface area contributed by atoms with Crippen LogP contribution in [0.1, 0.15) is 182 Å². The molecule has 5 aliphatic rings. The third-order valence-electron chi connectivity index (χ3n) is 26.0. The van der Waals surface area contributed by atoms with Crippen LogP contribution < -0.4 is 30.6 Å². The second-order valence-electron chi connectivity index (χ2n) is 38.9. The number of alkyl carbamates (subject to hydrolysis) is 1. The number of esters is 1. The highest BCUT2D eigenvalue weighted by Crippen LogP contribution is 2.46. The van der Waals surface area contributed by atoms with E-state index in [0.29, 0.717) is 133 Å². The summed E-state index contributed by atoms with van der Waals surface area (Å²) in [4.78, 5) is 136. The zero-order chi connectivity index (χ0) is 106. The van der Waals surface area contributed by atoms with Gasteiger partial charge < -0.3 is 84.0 Å². The van der Waals surface area contributed by atoms with E-state index in [1.807, 2.05) is 187 Å². The number of aromatic amines is 4. The number of rotatable bonds is 21. The van der Waals surface area contributed by atoms with E-state index in [1.54, 1.807) is 120 Å². The molecule has 5 aromatic heterocycles. The molecule has 1 fully saturated rings. The Balaban J connectivity index is 0.000000143. The zero-order valence-corrected chi connectivity index (χ0v) is 88.0. The average Bonchev–Trinajstić information content (AvgIpc) is 1.62. The summed E-state index contributed by atoms with van der Waals surface area (Å²) in [7, 11) is 4.07. The predicted octanol–water partition coefficient (Wildman–Crippen LogP) is 23.2. The Labute approximate surface area is 887 Å². The van der Waals surface area contributed by atoms with Crippen molar-refractivity contribution in [2.75, 3.05) is 98.7 Å².